The standard InChI is InChI=1S/C23H21N7O/c1-14-18(10-24)22(15-3-5-20-17(9-15)13-27-29-20)19(11-25)23(28-14)16-4-6-21(26-12-16)30(2)7-8-31/h3-6,9,12-13,18,22,31H,7-8H2,1-2H3,(H,27,29). The topological polar surface area (TPSA) is 125 Å². The van der Waals surface area contributed by atoms with Crippen molar-refractivity contribution in [3.8, 4) is 12.1 Å². The summed E-state index contributed by atoms with van der Waals surface area (Å²) in [5, 5.41) is 37.0. The van der Waals surface area contributed by atoms with Gasteiger partial charge in [-0.3, -0.25) is 10.1 Å². The first-order valence-electron chi connectivity index (χ1n) is 9.88. The van der Waals surface area contributed by atoms with Crippen LogP contribution in [0.2, 0.25) is 0 Å². The Bertz CT molecular complexity index is 1260. The molecular formula is C23H21N7O. The molecule has 3 aromatic rings. The maximum Gasteiger partial charge on any atom is 0.128 e. The van der Waals surface area contributed by atoms with Crippen molar-refractivity contribution in [1.29, 1.82) is 10.5 Å². The van der Waals surface area contributed by atoms with E-state index in [0.717, 1.165) is 16.5 Å². The third-order valence-electron chi connectivity index (χ3n) is 5.57. The molecular weight excluding hydrogens is 390 g/mol. The van der Waals surface area contributed by atoms with Crippen LogP contribution in [0.3, 0.4) is 0 Å². The first-order valence-corrected chi connectivity index (χ1v) is 9.88. The molecule has 2 atom stereocenters. The number of aromatic nitrogens is 3. The van der Waals surface area contributed by atoms with Gasteiger partial charge in [0.05, 0.1) is 47.6 Å². The van der Waals surface area contributed by atoms with Crippen LogP contribution in [-0.2, 0) is 0 Å². The number of nitrogens with one attached hydrogen (secondary N) is 1. The number of H-pyrrole nitrogens is 1. The highest BCUT2D eigenvalue weighted by atomic mass is 16.3. The van der Waals surface area contributed by atoms with Gasteiger partial charge >= 0.3 is 0 Å². The first-order chi connectivity index (χ1) is 15.1. The van der Waals surface area contributed by atoms with Gasteiger partial charge in [0.1, 0.15) is 5.82 Å². The highest BCUT2D eigenvalue weighted by Crippen LogP contribution is 2.41. The molecule has 4 rings (SSSR count). The SMILES string of the molecule is CC1=NC(c2ccc(N(C)CCO)nc2)=C(C#N)C(c2ccc3[nH]ncc3c2)C1C#N. The Morgan fingerprint density at radius 1 is 1.19 bits per heavy atom. The lowest BCUT2D eigenvalue weighted by Gasteiger charge is -2.28. The van der Waals surface area contributed by atoms with Gasteiger partial charge in [0.25, 0.3) is 0 Å². The average molecular weight is 411 g/mol. The first kappa shape index (κ1) is 20.3. The Morgan fingerprint density at radius 2 is 2.03 bits per heavy atom. The van der Waals surface area contributed by atoms with Crippen molar-refractivity contribution in [1.82, 2.24) is 15.2 Å². The minimum absolute atomic E-state index is 0.0331. The lowest BCUT2D eigenvalue weighted by Crippen LogP contribution is -2.25. The fourth-order valence-corrected chi connectivity index (χ4v) is 3.90. The third-order valence-corrected chi connectivity index (χ3v) is 5.57. The van der Waals surface area contributed by atoms with Crippen molar-refractivity contribution in [3.63, 3.8) is 0 Å². The number of pyridine rings is 1. The number of benzene rings is 1. The summed E-state index contributed by atoms with van der Waals surface area (Å²) < 4.78 is 0. The summed E-state index contributed by atoms with van der Waals surface area (Å²) in [7, 11) is 1.85. The van der Waals surface area contributed by atoms with Crippen LogP contribution in [0.5, 0.6) is 0 Å². The molecule has 0 aliphatic carbocycles. The van der Waals surface area contributed by atoms with Gasteiger partial charge in [0.15, 0.2) is 0 Å². The molecule has 2 N–H and O–H groups in total. The molecule has 8 nitrogen and oxygen atoms in total. The van der Waals surface area contributed by atoms with E-state index in [9.17, 15) is 10.5 Å². The number of hydrogen-bond donors (Lipinski definition) is 2. The average Bonchev–Trinajstić information content (AvgIpc) is 3.26. The number of anilines is 1. The molecule has 1 aliphatic rings. The molecule has 31 heavy (non-hydrogen) atoms. The minimum atomic E-state index is -0.536. The molecule has 0 spiro atoms. The van der Waals surface area contributed by atoms with E-state index in [1.54, 1.807) is 12.4 Å². The summed E-state index contributed by atoms with van der Waals surface area (Å²) in [6, 6.07) is 14.1. The molecule has 154 valence electrons. The van der Waals surface area contributed by atoms with Gasteiger partial charge in [-0.1, -0.05) is 6.07 Å². The van der Waals surface area contributed by atoms with Gasteiger partial charge in [-0.05, 0) is 36.8 Å². The lowest BCUT2D eigenvalue weighted by atomic mass is 9.76. The van der Waals surface area contributed by atoms with E-state index < -0.39 is 11.8 Å². The number of aliphatic hydroxyl groups excluding tert-OH is 1. The van der Waals surface area contributed by atoms with Crippen molar-refractivity contribution < 1.29 is 5.11 Å². The van der Waals surface area contributed by atoms with E-state index in [0.29, 0.717) is 34.9 Å². The van der Waals surface area contributed by atoms with Gasteiger partial charge < -0.3 is 10.0 Å². The number of rotatable bonds is 5. The second kappa shape index (κ2) is 8.39. The Kier molecular flexibility index (Phi) is 5.48. The predicted molar refractivity (Wildman–Crippen MR) is 118 cm³/mol. The van der Waals surface area contributed by atoms with Crippen molar-refractivity contribution >= 4 is 28.1 Å². The van der Waals surface area contributed by atoms with Crippen LogP contribution in [-0.4, -0.2) is 46.2 Å². The second-order valence-electron chi connectivity index (χ2n) is 7.48. The van der Waals surface area contributed by atoms with E-state index in [1.165, 1.54) is 0 Å². The second-order valence-corrected chi connectivity index (χ2v) is 7.48. The van der Waals surface area contributed by atoms with Crippen LogP contribution in [0.4, 0.5) is 5.82 Å². The van der Waals surface area contributed by atoms with Gasteiger partial charge in [-0.15, -0.1) is 0 Å². The van der Waals surface area contributed by atoms with Crippen LogP contribution in [0.1, 0.15) is 24.0 Å². The van der Waals surface area contributed by atoms with Crippen molar-refractivity contribution in [2.45, 2.75) is 12.8 Å². The number of aromatic amines is 1. The van der Waals surface area contributed by atoms with E-state index in [-0.39, 0.29) is 6.61 Å². The molecule has 2 aromatic heterocycles. The molecule has 0 radical (unpaired) electrons. The number of hydrogen-bond acceptors (Lipinski definition) is 7. The summed E-state index contributed by atoms with van der Waals surface area (Å²) in [6.07, 6.45) is 3.40. The highest BCUT2D eigenvalue weighted by Gasteiger charge is 2.35. The van der Waals surface area contributed by atoms with Crippen molar-refractivity contribution in [2.75, 3.05) is 25.1 Å². The minimum Gasteiger partial charge on any atom is -0.395 e. The normalized spacial score (nSPS) is 18.4. The number of likely N-dealkylation sites (N-methyl/N-ethyl adjacent to an activating group) is 1. The van der Waals surface area contributed by atoms with Crippen molar-refractivity contribution in [3.05, 3.63) is 59.4 Å². The monoisotopic (exact) mass is 411 g/mol. The summed E-state index contributed by atoms with van der Waals surface area (Å²) in [4.78, 5) is 10.9. The molecule has 1 aromatic carbocycles. The van der Waals surface area contributed by atoms with Gasteiger partial charge in [0, 0.05) is 42.4 Å². The Morgan fingerprint density at radius 3 is 2.71 bits per heavy atom. The Hall–Kier alpha value is -4.01. The molecule has 0 amide bonds. The van der Waals surface area contributed by atoms with Crippen molar-refractivity contribution in [2.24, 2.45) is 10.9 Å². The molecule has 0 fully saturated rings. The Balaban J connectivity index is 1.82. The Labute approximate surface area is 179 Å². The molecule has 0 saturated heterocycles. The van der Waals surface area contributed by atoms with Gasteiger partial charge in [-0.25, -0.2) is 4.98 Å². The third kappa shape index (κ3) is 3.65. The summed E-state index contributed by atoms with van der Waals surface area (Å²) >= 11 is 0. The molecule has 3 heterocycles. The van der Waals surface area contributed by atoms with E-state index >= 15 is 0 Å². The van der Waals surface area contributed by atoms with Crippen LogP contribution in [0.15, 0.2) is 53.3 Å². The largest absolute Gasteiger partial charge is 0.395 e. The highest BCUT2D eigenvalue weighted by molar-refractivity contribution is 5.97. The van der Waals surface area contributed by atoms with Crippen LogP contribution < -0.4 is 4.90 Å². The zero-order valence-corrected chi connectivity index (χ0v) is 17.2. The fraction of sp³-hybridized carbons (Fsp3) is 0.261. The zero-order valence-electron chi connectivity index (χ0n) is 17.2. The van der Waals surface area contributed by atoms with Crippen LogP contribution in [0.25, 0.3) is 16.6 Å². The summed E-state index contributed by atoms with van der Waals surface area (Å²) in [5.74, 6) is -0.255. The predicted octanol–water partition coefficient (Wildman–Crippen LogP) is 3.02. The summed E-state index contributed by atoms with van der Waals surface area (Å²) in [6.45, 7) is 2.33. The number of allylic oxidation sites excluding steroid dienone is 1. The van der Waals surface area contributed by atoms with E-state index in [2.05, 4.69) is 32.3 Å². The molecule has 0 bridgehead atoms. The zero-order chi connectivity index (χ0) is 22.0. The molecule has 8 heteroatoms. The van der Waals surface area contributed by atoms with Crippen LogP contribution in [0, 0.1) is 28.6 Å². The maximum absolute atomic E-state index is 10.1. The smallest absolute Gasteiger partial charge is 0.128 e. The maximum atomic E-state index is 10.1. The number of nitriles is 2. The van der Waals surface area contributed by atoms with Gasteiger partial charge in [-0.2, -0.15) is 15.6 Å². The van der Waals surface area contributed by atoms with E-state index in [4.69, 9.17) is 5.11 Å². The quantitative estimate of drug-likeness (QED) is 0.665. The number of nitrogens with zero attached hydrogens (tertiary/aromatic N) is 6. The summed E-state index contributed by atoms with van der Waals surface area (Å²) in [5.41, 5.74) is 4.12. The molecule has 1 aliphatic heterocycles. The molecule has 0 saturated carbocycles. The number of aliphatic imine (C=N–C) groups is 1. The number of aliphatic hydroxyl groups is 1. The lowest BCUT2D eigenvalue weighted by molar-refractivity contribution is 0.304. The van der Waals surface area contributed by atoms with Gasteiger partial charge in [0.2, 0.25) is 0 Å². The fourth-order valence-electron chi connectivity index (χ4n) is 3.90. The molecule has 2 unspecified atom stereocenters. The van der Waals surface area contributed by atoms with E-state index in [1.807, 2.05) is 49.2 Å². The van der Waals surface area contributed by atoms with Crippen LogP contribution >= 0.6 is 0 Å². The number of fused-ring (bicyclic) bond motifs is 1.